The predicted molar refractivity (Wildman–Crippen MR) is 117 cm³/mol. The van der Waals surface area contributed by atoms with Crippen LogP contribution >= 0.6 is 0 Å². The monoisotopic (exact) mass is 460 g/mol. The van der Waals surface area contributed by atoms with Gasteiger partial charge < -0.3 is 4.90 Å². The van der Waals surface area contributed by atoms with Gasteiger partial charge in [0.05, 0.1) is 5.41 Å². The fourth-order valence-electron chi connectivity index (χ4n) is 5.52. The van der Waals surface area contributed by atoms with Crippen LogP contribution in [-0.2, 0) is 26.7 Å². The zero-order valence-electron chi connectivity index (χ0n) is 18.0. The number of hydrogen-bond acceptors (Lipinski definition) is 4. The second kappa shape index (κ2) is 7.63. The quantitative estimate of drug-likeness (QED) is 0.746. The standard InChI is InChI=1S/C24H26F2N2O3S/c1-28-9-5-15(6-10-28)18-12-17(13-20-19(18)14-23(29)24(20)7-2-8-24)27-32(30,31)22-4-3-16(25)11-21(22)26/h3-4,11-13,15,27H,2,5-10,14H2,1H3. The number of anilines is 1. The highest BCUT2D eigenvalue weighted by atomic mass is 32.2. The van der Waals surface area contributed by atoms with Crippen molar-refractivity contribution in [2.45, 2.75) is 54.8 Å². The zero-order chi connectivity index (χ0) is 22.7. The second-order valence-corrected chi connectivity index (χ2v) is 11.0. The summed E-state index contributed by atoms with van der Waals surface area (Å²) in [7, 11) is -2.18. The molecular formula is C24H26F2N2O3S. The first-order valence-corrected chi connectivity index (χ1v) is 12.5. The topological polar surface area (TPSA) is 66.5 Å². The summed E-state index contributed by atoms with van der Waals surface area (Å²) in [6.07, 6.45) is 4.82. The molecule has 1 saturated carbocycles. The molecular weight excluding hydrogens is 434 g/mol. The fourth-order valence-corrected chi connectivity index (χ4v) is 6.62. The maximum Gasteiger partial charge on any atom is 0.264 e. The van der Waals surface area contributed by atoms with Gasteiger partial charge in [-0.1, -0.05) is 6.42 Å². The van der Waals surface area contributed by atoms with Gasteiger partial charge >= 0.3 is 0 Å². The largest absolute Gasteiger partial charge is 0.306 e. The van der Waals surface area contributed by atoms with Crippen molar-refractivity contribution >= 4 is 21.5 Å². The Kier molecular flexibility index (Phi) is 5.13. The van der Waals surface area contributed by atoms with Gasteiger partial charge in [0.25, 0.3) is 10.0 Å². The molecule has 0 atom stereocenters. The number of nitrogens with zero attached hydrogens (tertiary/aromatic N) is 1. The molecule has 1 spiro atoms. The molecule has 2 aromatic carbocycles. The molecule has 0 amide bonds. The molecule has 2 fully saturated rings. The van der Waals surface area contributed by atoms with Crippen LogP contribution < -0.4 is 4.72 Å². The Bertz CT molecular complexity index is 1200. The lowest BCUT2D eigenvalue weighted by Gasteiger charge is -2.38. The lowest BCUT2D eigenvalue weighted by atomic mass is 9.64. The number of fused-ring (bicyclic) bond motifs is 2. The molecule has 1 heterocycles. The number of halogens is 2. The van der Waals surface area contributed by atoms with Crippen molar-refractivity contribution < 1.29 is 22.0 Å². The average Bonchev–Trinajstić information content (AvgIpc) is 2.99. The summed E-state index contributed by atoms with van der Waals surface area (Å²) in [5.74, 6) is -1.51. The third-order valence-electron chi connectivity index (χ3n) is 7.47. The molecule has 1 aliphatic heterocycles. The summed E-state index contributed by atoms with van der Waals surface area (Å²) >= 11 is 0. The van der Waals surface area contributed by atoms with E-state index in [1.807, 2.05) is 6.07 Å². The van der Waals surface area contributed by atoms with Crippen LogP contribution in [0.5, 0.6) is 0 Å². The summed E-state index contributed by atoms with van der Waals surface area (Å²) < 4.78 is 55.8. The van der Waals surface area contributed by atoms with Crippen LogP contribution in [0.25, 0.3) is 0 Å². The first-order chi connectivity index (χ1) is 15.2. The molecule has 1 saturated heterocycles. The molecule has 8 heteroatoms. The molecule has 0 aromatic heterocycles. The van der Waals surface area contributed by atoms with Crippen molar-refractivity contribution in [2.24, 2.45) is 0 Å². The van der Waals surface area contributed by atoms with E-state index < -0.39 is 32.0 Å². The fraction of sp³-hybridized carbons (Fsp3) is 0.458. The highest BCUT2D eigenvalue weighted by Gasteiger charge is 2.51. The Hall–Kier alpha value is -2.32. The number of sulfonamides is 1. The van der Waals surface area contributed by atoms with Crippen LogP contribution in [0.2, 0.25) is 0 Å². The summed E-state index contributed by atoms with van der Waals surface area (Å²) in [5.41, 5.74) is 2.85. The van der Waals surface area contributed by atoms with Crippen molar-refractivity contribution in [1.29, 1.82) is 0 Å². The Morgan fingerprint density at radius 3 is 2.44 bits per heavy atom. The van der Waals surface area contributed by atoms with E-state index in [4.69, 9.17) is 0 Å². The highest BCUT2D eigenvalue weighted by Crippen LogP contribution is 2.53. The van der Waals surface area contributed by atoms with Crippen molar-refractivity contribution in [3.05, 3.63) is 58.7 Å². The number of likely N-dealkylation sites (tertiary alicyclic amines) is 1. The molecule has 2 aliphatic carbocycles. The number of Topliss-reactive ketones (excluding diaryl/α,β-unsaturated/α-hetero) is 1. The van der Waals surface area contributed by atoms with Crippen molar-refractivity contribution in [3.63, 3.8) is 0 Å². The summed E-state index contributed by atoms with van der Waals surface area (Å²) in [5, 5.41) is 0. The van der Waals surface area contributed by atoms with Gasteiger partial charge in [0.1, 0.15) is 22.3 Å². The minimum Gasteiger partial charge on any atom is -0.306 e. The molecule has 0 bridgehead atoms. The van der Waals surface area contributed by atoms with E-state index in [1.165, 1.54) is 0 Å². The van der Waals surface area contributed by atoms with Gasteiger partial charge in [-0.25, -0.2) is 17.2 Å². The molecule has 1 N–H and O–H groups in total. The SMILES string of the molecule is CN1CCC(c2cc(NS(=O)(=O)c3ccc(F)cc3F)cc3c2CC(=O)C32CCC2)CC1. The smallest absolute Gasteiger partial charge is 0.264 e. The lowest BCUT2D eigenvalue weighted by Crippen LogP contribution is -2.39. The number of carbonyl (C=O) groups is 1. The first-order valence-electron chi connectivity index (χ1n) is 11.1. The number of carbonyl (C=O) groups excluding carboxylic acids is 1. The number of benzene rings is 2. The van der Waals surface area contributed by atoms with Crippen LogP contribution in [0.15, 0.2) is 35.2 Å². The molecule has 32 heavy (non-hydrogen) atoms. The van der Waals surface area contributed by atoms with Gasteiger partial charge in [-0.15, -0.1) is 0 Å². The number of nitrogens with one attached hydrogen (secondary N) is 1. The first kappa shape index (κ1) is 21.5. The van der Waals surface area contributed by atoms with Crippen LogP contribution in [0.1, 0.15) is 54.7 Å². The number of piperidine rings is 1. The normalized spacial score (nSPS) is 20.9. The van der Waals surface area contributed by atoms with Gasteiger partial charge in [0, 0.05) is 18.2 Å². The number of hydrogen-bond donors (Lipinski definition) is 1. The maximum absolute atomic E-state index is 14.2. The lowest BCUT2D eigenvalue weighted by molar-refractivity contribution is -0.125. The molecule has 5 rings (SSSR count). The second-order valence-electron chi connectivity index (χ2n) is 9.38. The molecule has 2 aromatic rings. The van der Waals surface area contributed by atoms with Crippen LogP contribution in [0.3, 0.4) is 0 Å². The van der Waals surface area contributed by atoms with Crippen molar-refractivity contribution in [1.82, 2.24) is 4.90 Å². The zero-order valence-corrected chi connectivity index (χ0v) is 18.8. The van der Waals surface area contributed by atoms with E-state index in [0.717, 1.165) is 74.0 Å². The van der Waals surface area contributed by atoms with Gasteiger partial charge in [0.2, 0.25) is 0 Å². The average molecular weight is 461 g/mol. The van der Waals surface area contributed by atoms with Crippen molar-refractivity contribution in [2.75, 3.05) is 24.9 Å². The summed E-state index contributed by atoms with van der Waals surface area (Å²) in [4.78, 5) is 14.6. The van der Waals surface area contributed by atoms with E-state index in [1.54, 1.807) is 6.07 Å². The van der Waals surface area contributed by atoms with E-state index in [9.17, 15) is 22.0 Å². The predicted octanol–water partition coefficient (Wildman–Crippen LogP) is 4.12. The van der Waals surface area contributed by atoms with Gasteiger partial charge in [0.15, 0.2) is 0 Å². The Balaban J connectivity index is 1.57. The minimum atomic E-state index is -4.26. The molecule has 0 radical (unpaired) electrons. The van der Waals surface area contributed by atoms with Crippen LogP contribution in [0, 0.1) is 11.6 Å². The van der Waals surface area contributed by atoms with Crippen LogP contribution in [0.4, 0.5) is 14.5 Å². The van der Waals surface area contributed by atoms with Crippen LogP contribution in [-0.4, -0.2) is 39.2 Å². The summed E-state index contributed by atoms with van der Waals surface area (Å²) in [6.45, 7) is 1.88. The van der Waals surface area contributed by atoms with E-state index in [2.05, 4.69) is 16.7 Å². The van der Waals surface area contributed by atoms with Crippen molar-refractivity contribution in [3.8, 4) is 0 Å². The van der Waals surface area contributed by atoms with E-state index >= 15 is 0 Å². The molecule has 5 nitrogen and oxygen atoms in total. The highest BCUT2D eigenvalue weighted by molar-refractivity contribution is 7.92. The number of ketones is 1. The minimum absolute atomic E-state index is 0.220. The maximum atomic E-state index is 14.2. The number of rotatable bonds is 4. The van der Waals surface area contributed by atoms with E-state index in [-0.39, 0.29) is 11.7 Å². The third kappa shape index (κ3) is 3.44. The third-order valence-corrected chi connectivity index (χ3v) is 8.89. The summed E-state index contributed by atoms with van der Waals surface area (Å²) in [6, 6.07) is 5.99. The van der Waals surface area contributed by atoms with Gasteiger partial charge in [-0.3, -0.25) is 9.52 Å². The Morgan fingerprint density at radius 2 is 1.81 bits per heavy atom. The molecule has 0 unspecified atom stereocenters. The Labute approximate surface area is 186 Å². The molecule has 170 valence electrons. The van der Waals surface area contributed by atoms with E-state index in [0.29, 0.717) is 18.2 Å². The van der Waals surface area contributed by atoms with Gasteiger partial charge in [-0.05, 0) is 92.7 Å². The Morgan fingerprint density at radius 1 is 1.09 bits per heavy atom. The molecule has 3 aliphatic rings. The van der Waals surface area contributed by atoms with Gasteiger partial charge in [-0.2, -0.15) is 0 Å².